The lowest BCUT2D eigenvalue weighted by Gasteiger charge is -2.08. The fourth-order valence-corrected chi connectivity index (χ4v) is 1.81. The molecular weight excluding hydrogens is 228 g/mol. The number of nitrogens with zero attached hydrogens (tertiary/aromatic N) is 3. The van der Waals surface area contributed by atoms with Crippen molar-refractivity contribution in [1.29, 1.82) is 0 Å². The summed E-state index contributed by atoms with van der Waals surface area (Å²) < 4.78 is 5.21. The summed E-state index contributed by atoms with van der Waals surface area (Å²) in [7, 11) is 0. The molecule has 18 heavy (non-hydrogen) atoms. The van der Waals surface area contributed by atoms with E-state index in [1.807, 2.05) is 19.1 Å². The van der Waals surface area contributed by atoms with E-state index in [2.05, 4.69) is 29.0 Å². The van der Waals surface area contributed by atoms with Crippen LogP contribution in [0.4, 0.5) is 0 Å². The van der Waals surface area contributed by atoms with E-state index < -0.39 is 0 Å². The zero-order chi connectivity index (χ0) is 13.1. The van der Waals surface area contributed by atoms with E-state index in [9.17, 15) is 0 Å². The Balaban J connectivity index is 2.23. The molecule has 0 bridgehead atoms. The number of aromatic nitrogens is 3. The molecule has 0 aliphatic rings. The van der Waals surface area contributed by atoms with Crippen LogP contribution >= 0.6 is 0 Å². The largest absolute Gasteiger partial charge is 0.337 e. The van der Waals surface area contributed by atoms with Crippen molar-refractivity contribution in [3.8, 4) is 11.5 Å². The van der Waals surface area contributed by atoms with Crippen LogP contribution < -0.4 is 5.73 Å². The van der Waals surface area contributed by atoms with Gasteiger partial charge in [-0.25, -0.2) is 0 Å². The molecule has 96 valence electrons. The fraction of sp³-hybridized carbons (Fsp3) is 0.462. The molecule has 0 unspecified atom stereocenters. The van der Waals surface area contributed by atoms with Crippen molar-refractivity contribution in [2.24, 2.45) is 11.7 Å². The predicted octanol–water partition coefficient (Wildman–Crippen LogP) is 2.49. The van der Waals surface area contributed by atoms with Crippen LogP contribution in [0, 0.1) is 12.8 Å². The quantitative estimate of drug-likeness (QED) is 0.896. The molecule has 0 aromatic carbocycles. The standard InChI is InChI=1S/C13H18N4O/c1-8(2)7-10(14)13-16-12(17-18-13)11-9(3)5-4-6-15-11/h4-6,8,10H,7,14H2,1-3H3/t10-/m0/s1. The highest BCUT2D eigenvalue weighted by Crippen LogP contribution is 2.21. The molecule has 2 rings (SSSR count). The Bertz CT molecular complexity index is 521. The van der Waals surface area contributed by atoms with Crippen molar-refractivity contribution < 1.29 is 4.52 Å². The van der Waals surface area contributed by atoms with E-state index in [0.29, 0.717) is 17.6 Å². The number of hydrogen-bond acceptors (Lipinski definition) is 5. The van der Waals surface area contributed by atoms with Crippen LogP contribution in [0.3, 0.4) is 0 Å². The zero-order valence-corrected chi connectivity index (χ0v) is 10.9. The minimum absolute atomic E-state index is 0.213. The van der Waals surface area contributed by atoms with E-state index >= 15 is 0 Å². The molecule has 0 spiro atoms. The molecule has 0 aliphatic heterocycles. The minimum atomic E-state index is -0.213. The zero-order valence-electron chi connectivity index (χ0n) is 10.9. The highest BCUT2D eigenvalue weighted by molar-refractivity contribution is 5.53. The molecule has 2 aromatic heterocycles. The average Bonchev–Trinajstić information content (AvgIpc) is 2.78. The fourth-order valence-electron chi connectivity index (χ4n) is 1.81. The summed E-state index contributed by atoms with van der Waals surface area (Å²) in [5.41, 5.74) is 7.76. The first-order valence-corrected chi connectivity index (χ1v) is 6.09. The second-order valence-corrected chi connectivity index (χ2v) is 4.86. The Kier molecular flexibility index (Phi) is 3.72. The Morgan fingerprint density at radius 2 is 2.17 bits per heavy atom. The van der Waals surface area contributed by atoms with Crippen molar-refractivity contribution in [3.63, 3.8) is 0 Å². The van der Waals surface area contributed by atoms with Gasteiger partial charge in [0, 0.05) is 6.20 Å². The van der Waals surface area contributed by atoms with E-state index in [1.54, 1.807) is 6.20 Å². The normalized spacial score (nSPS) is 12.9. The topological polar surface area (TPSA) is 77.8 Å². The minimum Gasteiger partial charge on any atom is -0.337 e. The van der Waals surface area contributed by atoms with Gasteiger partial charge in [0.2, 0.25) is 11.7 Å². The van der Waals surface area contributed by atoms with Gasteiger partial charge in [0.15, 0.2) is 0 Å². The van der Waals surface area contributed by atoms with Crippen LogP contribution in [0.1, 0.15) is 37.8 Å². The first kappa shape index (κ1) is 12.7. The van der Waals surface area contributed by atoms with Gasteiger partial charge in [0.1, 0.15) is 5.69 Å². The SMILES string of the molecule is Cc1cccnc1-c1noc([C@@H](N)CC(C)C)n1. The molecule has 0 aliphatic carbocycles. The molecule has 2 aromatic rings. The highest BCUT2D eigenvalue weighted by atomic mass is 16.5. The molecule has 0 fully saturated rings. The van der Waals surface area contributed by atoms with Crippen molar-refractivity contribution >= 4 is 0 Å². The summed E-state index contributed by atoms with van der Waals surface area (Å²) in [6, 6.07) is 3.63. The van der Waals surface area contributed by atoms with Gasteiger partial charge < -0.3 is 10.3 Å². The van der Waals surface area contributed by atoms with Crippen LogP contribution in [-0.4, -0.2) is 15.1 Å². The Hall–Kier alpha value is -1.75. The van der Waals surface area contributed by atoms with Crippen LogP contribution in [0.2, 0.25) is 0 Å². The van der Waals surface area contributed by atoms with Crippen molar-refractivity contribution in [2.45, 2.75) is 33.2 Å². The summed E-state index contributed by atoms with van der Waals surface area (Å²) in [6.07, 6.45) is 2.54. The van der Waals surface area contributed by atoms with Crippen LogP contribution in [0.5, 0.6) is 0 Å². The molecule has 2 N–H and O–H groups in total. The lowest BCUT2D eigenvalue weighted by Crippen LogP contribution is -2.13. The van der Waals surface area contributed by atoms with E-state index in [0.717, 1.165) is 17.7 Å². The molecule has 2 heterocycles. The summed E-state index contributed by atoms with van der Waals surface area (Å²) >= 11 is 0. The van der Waals surface area contributed by atoms with Gasteiger partial charge in [-0.05, 0) is 30.9 Å². The first-order chi connectivity index (χ1) is 8.58. The monoisotopic (exact) mass is 246 g/mol. The summed E-state index contributed by atoms with van der Waals surface area (Å²) in [4.78, 5) is 8.59. The molecule has 0 amide bonds. The van der Waals surface area contributed by atoms with Crippen molar-refractivity contribution in [1.82, 2.24) is 15.1 Å². The maximum Gasteiger partial charge on any atom is 0.243 e. The molecule has 1 atom stereocenters. The third-order valence-electron chi connectivity index (χ3n) is 2.71. The maximum atomic E-state index is 6.01. The van der Waals surface area contributed by atoms with Crippen LogP contribution in [0.25, 0.3) is 11.5 Å². The van der Waals surface area contributed by atoms with E-state index in [4.69, 9.17) is 10.3 Å². The van der Waals surface area contributed by atoms with Gasteiger partial charge in [-0.15, -0.1) is 0 Å². The molecule has 5 nitrogen and oxygen atoms in total. The molecular formula is C13H18N4O. The number of hydrogen-bond donors (Lipinski definition) is 1. The summed E-state index contributed by atoms with van der Waals surface area (Å²) in [5.74, 6) is 1.47. The van der Waals surface area contributed by atoms with Crippen molar-refractivity contribution in [2.75, 3.05) is 0 Å². The predicted molar refractivity (Wildman–Crippen MR) is 68.6 cm³/mol. The van der Waals surface area contributed by atoms with Gasteiger partial charge >= 0.3 is 0 Å². The summed E-state index contributed by atoms with van der Waals surface area (Å²) in [6.45, 7) is 6.19. The molecule has 0 radical (unpaired) electrons. The third kappa shape index (κ3) is 2.73. The average molecular weight is 246 g/mol. The summed E-state index contributed by atoms with van der Waals surface area (Å²) in [5, 5.41) is 3.95. The van der Waals surface area contributed by atoms with E-state index in [-0.39, 0.29) is 6.04 Å². The molecule has 0 saturated carbocycles. The van der Waals surface area contributed by atoms with Gasteiger partial charge in [-0.2, -0.15) is 4.98 Å². The lowest BCUT2D eigenvalue weighted by molar-refractivity contribution is 0.335. The van der Waals surface area contributed by atoms with Gasteiger partial charge in [-0.3, -0.25) is 4.98 Å². The lowest BCUT2D eigenvalue weighted by atomic mass is 10.0. The number of pyridine rings is 1. The van der Waals surface area contributed by atoms with Gasteiger partial charge in [-0.1, -0.05) is 25.1 Å². The maximum absolute atomic E-state index is 6.01. The van der Waals surface area contributed by atoms with Gasteiger partial charge in [0.05, 0.1) is 6.04 Å². The third-order valence-corrected chi connectivity index (χ3v) is 2.71. The Labute approximate surface area is 106 Å². The number of nitrogens with two attached hydrogens (primary N) is 1. The Morgan fingerprint density at radius 1 is 1.39 bits per heavy atom. The molecule has 0 saturated heterocycles. The van der Waals surface area contributed by atoms with Crippen LogP contribution in [-0.2, 0) is 0 Å². The second kappa shape index (κ2) is 5.27. The van der Waals surface area contributed by atoms with Crippen LogP contribution in [0.15, 0.2) is 22.9 Å². The smallest absolute Gasteiger partial charge is 0.243 e. The number of aryl methyl sites for hydroxylation is 1. The van der Waals surface area contributed by atoms with Gasteiger partial charge in [0.25, 0.3) is 0 Å². The highest BCUT2D eigenvalue weighted by Gasteiger charge is 2.18. The Morgan fingerprint density at radius 3 is 2.83 bits per heavy atom. The molecule has 5 heteroatoms. The van der Waals surface area contributed by atoms with E-state index in [1.165, 1.54) is 0 Å². The van der Waals surface area contributed by atoms with Crippen molar-refractivity contribution in [3.05, 3.63) is 29.8 Å². The first-order valence-electron chi connectivity index (χ1n) is 6.09. The second-order valence-electron chi connectivity index (χ2n) is 4.86. The number of rotatable bonds is 4.